The highest BCUT2D eigenvalue weighted by Gasteiger charge is 2.07. The van der Waals surface area contributed by atoms with Crippen molar-refractivity contribution in [2.24, 2.45) is 17.4 Å². The van der Waals surface area contributed by atoms with Crippen molar-refractivity contribution in [3.05, 3.63) is 0 Å². The van der Waals surface area contributed by atoms with Gasteiger partial charge in [-0.15, -0.1) is 0 Å². The predicted molar refractivity (Wildman–Crippen MR) is 47.4 cm³/mol. The first kappa shape index (κ1) is 11.4. The van der Waals surface area contributed by atoms with Crippen LogP contribution >= 0.6 is 0 Å². The zero-order valence-corrected chi connectivity index (χ0v) is 7.49. The Morgan fingerprint density at radius 1 is 1.42 bits per heavy atom. The Bertz CT molecular complexity index is 137. The van der Waals surface area contributed by atoms with Crippen LogP contribution in [0, 0.1) is 5.92 Å². The van der Waals surface area contributed by atoms with Gasteiger partial charge in [0.2, 0.25) is 0 Å². The Morgan fingerprint density at radius 2 is 2.00 bits per heavy atom. The minimum Gasteiger partial charge on any atom is -0.481 e. The van der Waals surface area contributed by atoms with E-state index in [1.165, 1.54) is 0 Å². The number of hydrogen-bond donors (Lipinski definition) is 3. The largest absolute Gasteiger partial charge is 0.481 e. The molecule has 0 bridgehead atoms. The van der Waals surface area contributed by atoms with E-state index >= 15 is 0 Å². The maximum absolute atomic E-state index is 10.1. The lowest BCUT2D eigenvalue weighted by atomic mass is 10.0. The fourth-order valence-electron chi connectivity index (χ4n) is 0.935. The van der Waals surface area contributed by atoms with Gasteiger partial charge in [-0.25, -0.2) is 0 Å². The molecular formula is C8H18N2O2. The van der Waals surface area contributed by atoms with E-state index < -0.39 is 5.97 Å². The average molecular weight is 174 g/mol. The standard InChI is InChI=1S/C8H18N2O2/c1-6(8(9)10)4-2-3-5-7(11)12/h6,8H,2-5,9-10H2,1H3,(H,11,12). The fourth-order valence-corrected chi connectivity index (χ4v) is 0.935. The van der Waals surface area contributed by atoms with Gasteiger partial charge in [-0.3, -0.25) is 4.79 Å². The number of carbonyl (C=O) groups is 1. The number of unbranched alkanes of at least 4 members (excludes halogenated alkanes) is 1. The van der Waals surface area contributed by atoms with Crippen molar-refractivity contribution < 1.29 is 9.90 Å². The normalized spacial score (nSPS) is 13.3. The van der Waals surface area contributed by atoms with E-state index in [0.29, 0.717) is 6.42 Å². The smallest absolute Gasteiger partial charge is 0.303 e. The third-order valence-corrected chi connectivity index (χ3v) is 1.96. The Kier molecular flexibility index (Phi) is 5.66. The lowest BCUT2D eigenvalue weighted by Gasteiger charge is -2.14. The summed E-state index contributed by atoms with van der Waals surface area (Å²) in [4.78, 5) is 10.1. The van der Waals surface area contributed by atoms with Crippen LogP contribution in [0.3, 0.4) is 0 Å². The lowest BCUT2D eigenvalue weighted by Crippen LogP contribution is -2.37. The molecule has 0 amide bonds. The van der Waals surface area contributed by atoms with E-state index in [0.717, 1.165) is 12.8 Å². The molecule has 1 atom stereocenters. The summed E-state index contributed by atoms with van der Waals surface area (Å²) in [7, 11) is 0. The fraction of sp³-hybridized carbons (Fsp3) is 0.875. The van der Waals surface area contributed by atoms with Crippen molar-refractivity contribution in [2.45, 2.75) is 38.8 Å². The van der Waals surface area contributed by atoms with Crippen LogP contribution in [-0.4, -0.2) is 17.2 Å². The molecule has 0 aromatic rings. The molecule has 0 aromatic carbocycles. The van der Waals surface area contributed by atoms with Gasteiger partial charge in [-0.05, 0) is 18.8 Å². The van der Waals surface area contributed by atoms with E-state index in [4.69, 9.17) is 16.6 Å². The Labute approximate surface area is 72.9 Å². The Hall–Kier alpha value is -0.610. The first-order chi connectivity index (χ1) is 5.54. The summed E-state index contributed by atoms with van der Waals surface area (Å²) in [5.74, 6) is -0.460. The van der Waals surface area contributed by atoms with Crippen molar-refractivity contribution in [3.63, 3.8) is 0 Å². The van der Waals surface area contributed by atoms with E-state index in [9.17, 15) is 4.79 Å². The first-order valence-corrected chi connectivity index (χ1v) is 4.27. The molecule has 72 valence electrons. The molecule has 0 aliphatic heterocycles. The second kappa shape index (κ2) is 5.97. The van der Waals surface area contributed by atoms with Crippen molar-refractivity contribution in [2.75, 3.05) is 0 Å². The zero-order chi connectivity index (χ0) is 9.56. The zero-order valence-electron chi connectivity index (χ0n) is 7.49. The van der Waals surface area contributed by atoms with Crippen LogP contribution in [0.1, 0.15) is 32.6 Å². The van der Waals surface area contributed by atoms with Crippen molar-refractivity contribution in [1.29, 1.82) is 0 Å². The van der Waals surface area contributed by atoms with Gasteiger partial charge in [0, 0.05) is 6.42 Å². The van der Waals surface area contributed by atoms with E-state index in [1.807, 2.05) is 6.92 Å². The first-order valence-electron chi connectivity index (χ1n) is 4.27. The lowest BCUT2D eigenvalue weighted by molar-refractivity contribution is -0.137. The van der Waals surface area contributed by atoms with Crippen LogP contribution in [0.4, 0.5) is 0 Å². The molecule has 4 nitrogen and oxygen atoms in total. The average Bonchev–Trinajstić information content (AvgIpc) is 1.97. The Morgan fingerprint density at radius 3 is 2.42 bits per heavy atom. The number of hydrogen-bond acceptors (Lipinski definition) is 3. The third kappa shape index (κ3) is 6.12. The number of nitrogens with two attached hydrogens (primary N) is 2. The minimum absolute atomic E-state index is 0.243. The molecule has 0 heterocycles. The van der Waals surface area contributed by atoms with Crippen molar-refractivity contribution in [3.8, 4) is 0 Å². The van der Waals surface area contributed by atoms with E-state index in [-0.39, 0.29) is 18.5 Å². The van der Waals surface area contributed by atoms with Gasteiger partial charge in [0.15, 0.2) is 0 Å². The summed E-state index contributed by atoms with van der Waals surface area (Å²) in [6.45, 7) is 1.98. The molecule has 0 saturated carbocycles. The van der Waals surface area contributed by atoms with E-state index in [1.54, 1.807) is 0 Å². The molecule has 5 N–H and O–H groups in total. The maximum atomic E-state index is 10.1. The maximum Gasteiger partial charge on any atom is 0.303 e. The number of carboxylic acids is 1. The Balaban J connectivity index is 3.25. The molecule has 1 unspecified atom stereocenters. The topological polar surface area (TPSA) is 89.3 Å². The molecule has 0 saturated heterocycles. The van der Waals surface area contributed by atoms with Gasteiger partial charge in [-0.2, -0.15) is 0 Å². The molecule has 12 heavy (non-hydrogen) atoms. The number of rotatable bonds is 6. The van der Waals surface area contributed by atoms with Gasteiger partial charge in [0.05, 0.1) is 6.17 Å². The summed E-state index contributed by atoms with van der Waals surface area (Å²) >= 11 is 0. The van der Waals surface area contributed by atoms with Crippen LogP contribution in [0.15, 0.2) is 0 Å². The second-order valence-electron chi connectivity index (χ2n) is 3.19. The highest BCUT2D eigenvalue weighted by atomic mass is 16.4. The molecule has 0 radical (unpaired) electrons. The molecule has 0 aliphatic carbocycles. The van der Waals surface area contributed by atoms with Gasteiger partial charge in [0.1, 0.15) is 0 Å². The highest BCUT2D eigenvalue weighted by molar-refractivity contribution is 5.66. The van der Waals surface area contributed by atoms with Crippen LogP contribution < -0.4 is 11.5 Å². The number of aliphatic carboxylic acids is 1. The van der Waals surface area contributed by atoms with Gasteiger partial charge in [0.25, 0.3) is 0 Å². The van der Waals surface area contributed by atoms with E-state index in [2.05, 4.69) is 0 Å². The highest BCUT2D eigenvalue weighted by Crippen LogP contribution is 2.09. The molecule has 0 fully saturated rings. The molecule has 4 heteroatoms. The van der Waals surface area contributed by atoms with Crippen LogP contribution in [0.2, 0.25) is 0 Å². The monoisotopic (exact) mass is 174 g/mol. The van der Waals surface area contributed by atoms with Gasteiger partial charge in [-0.1, -0.05) is 13.3 Å². The molecule has 0 rings (SSSR count). The van der Waals surface area contributed by atoms with Crippen molar-refractivity contribution >= 4 is 5.97 Å². The molecule has 0 spiro atoms. The van der Waals surface area contributed by atoms with Crippen LogP contribution in [0.25, 0.3) is 0 Å². The summed E-state index contributed by atoms with van der Waals surface area (Å²) in [5, 5.41) is 8.34. The molecule has 0 aromatic heterocycles. The summed E-state index contributed by atoms with van der Waals surface area (Å²) in [6, 6.07) is 0. The van der Waals surface area contributed by atoms with Crippen LogP contribution in [-0.2, 0) is 4.79 Å². The third-order valence-electron chi connectivity index (χ3n) is 1.96. The molecular weight excluding hydrogens is 156 g/mol. The summed E-state index contributed by atoms with van der Waals surface area (Å²) in [6.07, 6.45) is 2.47. The second-order valence-corrected chi connectivity index (χ2v) is 3.19. The SMILES string of the molecule is CC(CCCCC(=O)O)C(N)N. The van der Waals surface area contributed by atoms with Crippen LogP contribution in [0.5, 0.6) is 0 Å². The minimum atomic E-state index is -0.736. The quantitative estimate of drug-likeness (QED) is 0.404. The number of carboxylic acid groups (broad SMARTS) is 1. The summed E-state index contributed by atoms with van der Waals surface area (Å²) < 4.78 is 0. The van der Waals surface area contributed by atoms with Gasteiger partial charge >= 0.3 is 5.97 Å². The predicted octanol–water partition coefficient (Wildman–Crippen LogP) is 0.511. The van der Waals surface area contributed by atoms with Crippen molar-refractivity contribution in [1.82, 2.24) is 0 Å². The molecule has 0 aliphatic rings. The summed E-state index contributed by atoms with van der Waals surface area (Å²) in [5.41, 5.74) is 10.9. The van der Waals surface area contributed by atoms with Gasteiger partial charge < -0.3 is 16.6 Å².